The van der Waals surface area contributed by atoms with E-state index in [4.69, 9.17) is 5.11 Å². The van der Waals surface area contributed by atoms with Crippen molar-refractivity contribution in [1.29, 1.82) is 0 Å². The van der Waals surface area contributed by atoms with Gasteiger partial charge in [-0.2, -0.15) is 5.10 Å². The number of aromatic nitrogens is 2. The molecule has 0 saturated heterocycles. The molecule has 0 aliphatic heterocycles. The summed E-state index contributed by atoms with van der Waals surface area (Å²) in [4.78, 5) is 23.6. The van der Waals surface area contributed by atoms with E-state index in [0.717, 1.165) is 36.9 Å². The first-order valence-corrected chi connectivity index (χ1v) is 8.93. The number of rotatable bonds is 4. The SMILES string of the molecule is O=C(NC1CC(C(=O)O)C1)c1nn(-c2cccc(F)c2)c2c1CCCC2. The van der Waals surface area contributed by atoms with Crippen molar-refractivity contribution in [3.05, 3.63) is 47.0 Å². The van der Waals surface area contributed by atoms with Crippen LogP contribution in [0.15, 0.2) is 24.3 Å². The number of amides is 1. The van der Waals surface area contributed by atoms with Crippen molar-refractivity contribution >= 4 is 11.9 Å². The van der Waals surface area contributed by atoms with Gasteiger partial charge in [-0.15, -0.1) is 0 Å². The Bertz CT molecular complexity index is 871. The van der Waals surface area contributed by atoms with Crippen LogP contribution in [-0.2, 0) is 17.6 Å². The van der Waals surface area contributed by atoms with E-state index < -0.39 is 5.97 Å². The zero-order valence-corrected chi connectivity index (χ0v) is 14.2. The van der Waals surface area contributed by atoms with Crippen molar-refractivity contribution in [3.63, 3.8) is 0 Å². The maximum Gasteiger partial charge on any atom is 0.306 e. The second-order valence-electron chi connectivity index (χ2n) is 7.05. The monoisotopic (exact) mass is 357 g/mol. The molecule has 0 bridgehead atoms. The molecule has 2 N–H and O–H groups in total. The normalized spacial score (nSPS) is 21.6. The fraction of sp³-hybridized carbons (Fsp3) is 0.421. The Morgan fingerprint density at radius 2 is 2.00 bits per heavy atom. The predicted octanol–water partition coefficient (Wildman–Crippen LogP) is 2.48. The van der Waals surface area contributed by atoms with E-state index in [1.165, 1.54) is 12.1 Å². The Morgan fingerprint density at radius 3 is 2.73 bits per heavy atom. The molecule has 1 heterocycles. The summed E-state index contributed by atoms with van der Waals surface area (Å²) in [5.41, 5.74) is 2.87. The summed E-state index contributed by atoms with van der Waals surface area (Å²) in [6, 6.07) is 6.06. The molecule has 4 rings (SSSR count). The van der Waals surface area contributed by atoms with Gasteiger partial charge in [-0.3, -0.25) is 9.59 Å². The quantitative estimate of drug-likeness (QED) is 0.880. The van der Waals surface area contributed by atoms with Crippen LogP contribution in [0.2, 0.25) is 0 Å². The first-order valence-electron chi connectivity index (χ1n) is 8.93. The van der Waals surface area contributed by atoms with E-state index in [9.17, 15) is 14.0 Å². The highest BCUT2D eigenvalue weighted by Crippen LogP contribution is 2.30. The Balaban J connectivity index is 1.60. The maximum atomic E-state index is 13.6. The Kier molecular flexibility index (Phi) is 4.22. The third-order valence-corrected chi connectivity index (χ3v) is 5.27. The van der Waals surface area contributed by atoms with Crippen LogP contribution in [0.25, 0.3) is 5.69 Å². The van der Waals surface area contributed by atoms with E-state index in [0.29, 0.717) is 24.2 Å². The van der Waals surface area contributed by atoms with Gasteiger partial charge in [-0.25, -0.2) is 9.07 Å². The number of carbonyl (C=O) groups excluding carboxylic acids is 1. The molecule has 0 unspecified atom stereocenters. The van der Waals surface area contributed by atoms with Gasteiger partial charge < -0.3 is 10.4 Å². The molecule has 0 radical (unpaired) electrons. The molecule has 1 saturated carbocycles. The summed E-state index contributed by atoms with van der Waals surface area (Å²) >= 11 is 0. The van der Waals surface area contributed by atoms with Gasteiger partial charge in [0.15, 0.2) is 5.69 Å². The minimum atomic E-state index is -0.816. The summed E-state index contributed by atoms with van der Waals surface area (Å²) in [7, 11) is 0. The molecular weight excluding hydrogens is 337 g/mol. The van der Waals surface area contributed by atoms with Gasteiger partial charge in [0.2, 0.25) is 0 Å². The number of hydrogen-bond acceptors (Lipinski definition) is 3. The van der Waals surface area contributed by atoms with E-state index in [1.807, 2.05) is 0 Å². The Labute approximate surface area is 150 Å². The second-order valence-corrected chi connectivity index (χ2v) is 7.05. The van der Waals surface area contributed by atoms with E-state index in [-0.39, 0.29) is 23.7 Å². The van der Waals surface area contributed by atoms with Crippen molar-refractivity contribution in [2.45, 2.75) is 44.6 Å². The van der Waals surface area contributed by atoms with Crippen LogP contribution in [0, 0.1) is 11.7 Å². The molecule has 0 spiro atoms. The lowest BCUT2D eigenvalue weighted by atomic mass is 9.80. The molecule has 2 aliphatic rings. The number of hydrogen-bond donors (Lipinski definition) is 2. The lowest BCUT2D eigenvalue weighted by molar-refractivity contribution is -0.145. The highest BCUT2D eigenvalue weighted by molar-refractivity contribution is 5.94. The molecule has 1 amide bonds. The molecule has 7 heteroatoms. The first kappa shape index (κ1) is 16.8. The van der Waals surface area contributed by atoms with Crippen LogP contribution < -0.4 is 5.32 Å². The summed E-state index contributed by atoms with van der Waals surface area (Å²) < 4.78 is 15.3. The van der Waals surface area contributed by atoms with Crippen LogP contribution in [0.3, 0.4) is 0 Å². The van der Waals surface area contributed by atoms with Gasteiger partial charge in [0.1, 0.15) is 5.82 Å². The van der Waals surface area contributed by atoms with E-state index >= 15 is 0 Å². The largest absolute Gasteiger partial charge is 0.481 e. The average molecular weight is 357 g/mol. The minimum absolute atomic E-state index is 0.123. The highest BCUT2D eigenvalue weighted by Gasteiger charge is 2.36. The van der Waals surface area contributed by atoms with Crippen molar-refractivity contribution in [2.75, 3.05) is 0 Å². The van der Waals surface area contributed by atoms with Crippen molar-refractivity contribution in [2.24, 2.45) is 5.92 Å². The lowest BCUT2D eigenvalue weighted by Crippen LogP contribution is -2.47. The number of carbonyl (C=O) groups is 2. The third kappa shape index (κ3) is 2.98. The molecule has 0 atom stereocenters. The molecule has 1 fully saturated rings. The number of carboxylic acid groups (broad SMARTS) is 1. The fourth-order valence-corrected chi connectivity index (χ4v) is 3.79. The molecule has 1 aromatic carbocycles. The number of nitrogens with zero attached hydrogens (tertiary/aromatic N) is 2. The van der Waals surface area contributed by atoms with Crippen molar-refractivity contribution < 1.29 is 19.1 Å². The van der Waals surface area contributed by atoms with Gasteiger partial charge >= 0.3 is 5.97 Å². The predicted molar refractivity (Wildman–Crippen MR) is 91.8 cm³/mol. The van der Waals surface area contributed by atoms with E-state index in [1.54, 1.807) is 16.8 Å². The zero-order valence-electron chi connectivity index (χ0n) is 14.2. The molecule has 6 nitrogen and oxygen atoms in total. The van der Waals surface area contributed by atoms with Gasteiger partial charge in [-0.05, 0) is 56.7 Å². The molecular formula is C19H20FN3O3. The smallest absolute Gasteiger partial charge is 0.306 e. The summed E-state index contributed by atoms with van der Waals surface area (Å²) in [6.45, 7) is 0. The number of carboxylic acids is 1. The fourth-order valence-electron chi connectivity index (χ4n) is 3.79. The first-order chi connectivity index (χ1) is 12.5. The zero-order chi connectivity index (χ0) is 18.3. The third-order valence-electron chi connectivity index (χ3n) is 5.27. The minimum Gasteiger partial charge on any atom is -0.481 e. The molecule has 26 heavy (non-hydrogen) atoms. The lowest BCUT2D eigenvalue weighted by Gasteiger charge is -2.32. The van der Waals surface area contributed by atoms with Crippen LogP contribution >= 0.6 is 0 Å². The topological polar surface area (TPSA) is 84.2 Å². The second kappa shape index (κ2) is 6.55. The summed E-state index contributed by atoms with van der Waals surface area (Å²) in [5, 5.41) is 16.3. The van der Waals surface area contributed by atoms with Gasteiger partial charge in [0.05, 0.1) is 11.6 Å². The van der Waals surface area contributed by atoms with Crippen molar-refractivity contribution in [1.82, 2.24) is 15.1 Å². The van der Waals surface area contributed by atoms with Crippen molar-refractivity contribution in [3.8, 4) is 5.69 Å². The Morgan fingerprint density at radius 1 is 1.23 bits per heavy atom. The van der Waals surface area contributed by atoms with Crippen LogP contribution in [0.1, 0.15) is 47.4 Å². The number of fused-ring (bicyclic) bond motifs is 1. The molecule has 136 valence electrons. The summed E-state index contributed by atoms with van der Waals surface area (Å²) in [6.07, 6.45) is 4.48. The van der Waals surface area contributed by atoms with Crippen LogP contribution in [-0.4, -0.2) is 32.8 Å². The number of benzene rings is 1. The number of nitrogens with one attached hydrogen (secondary N) is 1. The standard InChI is InChI=1S/C19H20FN3O3/c20-12-4-3-5-14(10-12)23-16-7-2-1-6-15(16)17(22-23)18(24)21-13-8-11(9-13)19(25)26/h3-5,10-11,13H,1-2,6-9H2,(H,21,24)(H,25,26). The molecule has 2 aliphatic carbocycles. The van der Waals surface area contributed by atoms with Gasteiger partial charge in [-0.1, -0.05) is 6.07 Å². The average Bonchev–Trinajstić information content (AvgIpc) is 2.97. The number of halogens is 1. The maximum absolute atomic E-state index is 13.6. The number of aliphatic carboxylic acids is 1. The van der Waals surface area contributed by atoms with Gasteiger partial charge in [0, 0.05) is 17.3 Å². The van der Waals surface area contributed by atoms with Gasteiger partial charge in [0.25, 0.3) is 5.91 Å². The van der Waals surface area contributed by atoms with Crippen LogP contribution in [0.5, 0.6) is 0 Å². The Hall–Kier alpha value is -2.70. The van der Waals surface area contributed by atoms with E-state index in [2.05, 4.69) is 10.4 Å². The van der Waals surface area contributed by atoms with Crippen LogP contribution in [0.4, 0.5) is 4.39 Å². The highest BCUT2D eigenvalue weighted by atomic mass is 19.1. The summed E-state index contributed by atoms with van der Waals surface area (Å²) in [5.74, 6) is -1.81. The molecule has 1 aromatic heterocycles. The molecule has 2 aromatic rings.